The van der Waals surface area contributed by atoms with Gasteiger partial charge in [0.25, 0.3) is 13.1 Å². The van der Waals surface area contributed by atoms with Crippen LogP contribution >= 0.6 is 11.3 Å². The molecule has 1 aromatic rings. The van der Waals surface area contributed by atoms with E-state index in [4.69, 9.17) is 6.57 Å². The summed E-state index contributed by atoms with van der Waals surface area (Å²) in [4.78, 5) is 3.48. The average Bonchev–Trinajstić information content (AvgIpc) is 2.19. The van der Waals surface area contributed by atoms with E-state index in [1.54, 1.807) is 11.3 Å². The molecule has 1 rings (SSSR count). The molecule has 0 radical (unpaired) electrons. The quantitative estimate of drug-likeness (QED) is 0.540. The lowest BCUT2D eigenvalue weighted by Gasteiger charge is -1.69. The smallest absolute Gasteiger partial charge is 0.152 e. The van der Waals surface area contributed by atoms with E-state index in [0.29, 0.717) is 6.54 Å². The standard InChI is InChI=1S/C6H6NS/c1-7-4-6-2-3-8-5-6/h1-3,5H,4H2/q+1. The lowest BCUT2D eigenvalue weighted by atomic mass is 10.4. The van der Waals surface area contributed by atoms with Crippen molar-refractivity contribution in [2.75, 3.05) is 0 Å². The Hall–Kier alpha value is -0.810. The van der Waals surface area contributed by atoms with Crippen molar-refractivity contribution in [1.82, 2.24) is 0 Å². The molecule has 1 nitrogen and oxygen atoms in total. The Balaban J connectivity index is 2.67. The summed E-state index contributed by atoms with van der Waals surface area (Å²) in [6.07, 6.45) is 0. The van der Waals surface area contributed by atoms with Crippen LogP contribution in [0, 0.1) is 6.57 Å². The van der Waals surface area contributed by atoms with Crippen molar-refractivity contribution in [2.45, 2.75) is 6.54 Å². The Labute approximate surface area is 52.4 Å². The normalized spacial score (nSPS) is 8.38. The van der Waals surface area contributed by atoms with E-state index in [9.17, 15) is 0 Å². The van der Waals surface area contributed by atoms with Crippen molar-refractivity contribution >= 4 is 11.3 Å². The van der Waals surface area contributed by atoms with E-state index in [-0.39, 0.29) is 0 Å². The molecule has 0 N–H and O–H groups in total. The molecule has 0 fully saturated rings. The summed E-state index contributed by atoms with van der Waals surface area (Å²) < 4.78 is 0. The Morgan fingerprint density at radius 3 is 3.12 bits per heavy atom. The van der Waals surface area contributed by atoms with Crippen LogP contribution in [-0.4, -0.2) is 0 Å². The van der Waals surface area contributed by atoms with Gasteiger partial charge < -0.3 is 0 Å². The fraction of sp³-hybridized carbons (Fsp3) is 0.167. The van der Waals surface area contributed by atoms with E-state index >= 15 is 0 Å². The van der Waals surface area contributed by atoms with Crippen LogP contribution in [0.4, 0.5) is 0 Å². The molecule has 0 aliphatic heterocycles. The van der Waals surface area contributed by atoms with Crippen molar-refractivity contribution in [2.24, 2.45) is 0 Å². The summed E-state index contributed by atoms with van der Waals surface area (Å²) in [5.74, 6) is 0. The van der Waals surface area contributed by atoms with E-state index in [1.807, 2.05) is 16.8 Å². The molecule has 0 aliphatic rings. The largest absolute Gasteiger partial charge is 0.289 e. The third-order valence-corrected chi connectivity index (χ3v) is 1.59. The van der Waals surface area contributed by atoms with Gasteiger partial charge in [0, 0.05) is 10.9 Å². The zero-order valence-electron chi connectivity index (χ0n) is 4.37. The number of nitrogens with zero attached hydrogens (tertiary/aromatic N) is 1. The van der Waals surface area contributed by atoms with Gasteiger partial charge in [-0.15, -0.1) is 0 Å². The predicted octanol–water partition coefficient (Wildman–Crippen LogP) is 2.21. The lowest BCUT2D eigenvalue weighted by molar-refractivity contribution is 1.30. The second kappa shape index (κ2) is 2.49. The first kappa shape index (κ1) is 5.33. The van der Waals surface area contributed by atoms with Gasteiger partial charge in [-0.05, 0) is 11.4 Å². The molecular weight excluding hydrogens is 118 g/mol. The van der Waals surface area contributed by atoms with Crippen molar-refractivity contribution in [3.05, 3.63) is 27.2 Å². The molecule has 1 heterocycles. The topological polar surface area (TPSA) is 4.36 Å². The van der Waals surface area contributed by atoms with Crippen LogP contribution in [0.2, 0.25) is 0 Å². The zero-order valence-corrected chi connectivity index (χ0v) is 5.19. The molecular formula is C6H6NS+. The summed E-state index contributed by atoms with van der Waals surface area (Å²) >= 11 is 1.66. The molecule has 1 aromatic heterocycles. The van der Waals surface area contributed by atoms with Crippen LogP contribution in [-0.2, 0) is 6.54 Å². The summed E-state index contributed by atoms with van der Waals surface area (Å²) in [5.41, 5.74) is 1.19. The van der Waals surface area contributed by atoms with Crippen molar-refractivity contribution in [3.63, 3.8) is 0 Å². The second-order valence-electron chi connectivity index (χ2n) is 1.47. The molecule has 0 bridgehead atoms. The Morgan fingerprint density at radius 1 is 1.75 bits per heavy atom. The minimum absolute atomic E-state index is 0.642. The summed E-state index contributed by atoms with van der Waals surface area (Å²) in [6, 6.07) is 2.01. The van der Waals surface area contributed by atoms with Gasteiger partial charge in [0.1, 0.15) is 0 Å². The highest BCUT2D eigenvalue weighted by atomic mass is 32.1. The van der Waals surface area contributed by atoms with E-state index < -0.39 is 0 Å². The Bertz CT molecular complexity index is 183. The first-order chi connectivity index (χ1) is 3.93. The van der Waals surface area contributed by atoms with Crippen molar-refractivity contribution in [1.29, 1.82) is 0 Å². The predicted molar refractivity (Wildman–Crippen MR) is 36.3 cm³/mol. The molecule has 0 amide bonds. The minimum atomic E-state index is 0.642. The fourth-order valence-corrected chi connectivity index (χ4v) is 1.15. The molecule has 0 saturated heterocycles. The molecule has 40 valence electrons. The van der Waals surface area contributed by atoms with Gasteiger partial charge in [0.15, 0.2) is 0 Å². The Morgan fingerprint density at radius 2 is 2.62 bits per heavy atom. The molecule has 0 saturated carbocycles. The summed E-state index contributed by atoms with van der Waals surface area (Å²) in [5, 5.41) is 4.05. The first-order valence-corrected chi connectivity index (χ1v) is 3.25. The first-order valence-electron chi connectivity index (χ1n) is 2.31. The van der Waals surface area contributed by atoms with E-state index in [0.717, 1.165) is 0 Å². The fourth-order valence-electron chi connectivity index (χ4n) is 0.488. The number of hydrogen-bond acceptors (Lipinski definition) is 1. The van der Waals surface area contributed by atoms with Crippen LogP contribution in [0.1, 0.15) is 5.56 Å². The van der Waals surface area contributed by atoms with Crippen molar-refractivity contribution in [3.8, 4) is 6.57 Å². The third kappa shape index (κ3) is 1.08. The van der Waals surface area contributed by atoms with E-state index in [2.05, 4.69) is 4.85 Å². The second-order valence-corrected chi connectivity index (χ2v) is 2.25. The van der Waals surface area contributed by atoms with Crippen LogP contribution in [0.5, 0.6) is 0 Å². The van der Waals surface area contributed by atoms with Gasteiger partial charge in [-0.1, -0.05) is 4.85 Å². The maximum absolute atomic E-state index is 4.95. The number of hydrogen-bond donors (Lipinski definition) is 0. The lowest BCUT2D eigenvalue weighted by Crippen LogP contribution is -1.66. The van der Waals surface area contributed by atoms with E-state index in [1.165, 1.54) is 5.56 Å². The van der Waals surface area contributed by atoms with Crippen LogP contribution < -0.4 is 0 Å². The van der Waals surface area contributed by atoms with Crippen LogP contribution in [0.15, 0.2) is 16.8 Å². The monoisotopic (exact) mass is 124 g/mol. The molecule has 0 aromatic carbocycles. The average molecular weight is 124 g/mol. The van der Waals surface area contributed by atoms with Crippen molar-refractivity contribution < 1.29 is 0 Å². The van der Waals surface area contributed by atoms with Gasteiger partial charge >= 0.3 is 0 Å². The highest BCUT2D eigenvalue weighted by Gasteiger charge is 1.93. The maximum atomic E-state index is 4.95. The highest BCUT2D eigenvalue weighted by molar-refractivity contribution is 7.07. The third-order valence-electron chi connectivity index (χ3n) is 0.854. The maximum Gasteiger partial charge on any atom is 0.289 e. The number of thiophene rings is 1. The minimum Gasteiger partial charge on any atom is -0.152 e. The SMILES string of the molecule is C#[N+]Cc1ccsc1. The Kier molecular flexibility index (Phi) is 1.66. The molecule has 0 spiro atoms. The van der Waals surface area contributed by atoms with Gasteiger partial charge in [-0.25, -0.2) is 0 Å². The van der Waals surface area contributed by atoms with Crippen LogP contribution in [0.3, 0.4) is 0 Å². The molecule has 0 aliphatic carbocycles. The van der Waals surface area contributed by atoms with Gasteiger partial charge in [0.2, 0.25) is 0 Å². The zero-order chi connectivity index (χ0) is 5.82. The molecule has 8 heavy (non-hydrogen) atoms. The molecule has 2 heteroatoms. The van der Waals surface area contributed by atoms with Gasteiger partial charge in [-0.3, -0.25) is 0 Å². The van der Waals surface area contributed by atoms with Gasteiger partial charge in [-0.2, -0.15) is 11.3 Å². The molecule has 0 unspecified atom stereocenters. The highest BCUT2D eigenvalue weighted by Crippen LogP contribution is 2.05. The van der Waals surface area contributed by atoms with Gasteiger partial charge in [0.05, 0.1) is 0 Å². The van der Waals surface area contributed by atoms with Crippen LogP contribution in [0.25, 0.3) is 4.85 Å². The summed E-state index contributed by atoms with van der Waals surface area (Å²) in [6.45, 7) is 5.59. The summed E-state index contributed by atoms with van der Waals surface area (Å²) in [7, 11) is 0. The molecule has 0 atom stereocenters. The number of rotatable bonds is 1.